The molecule has 0 aliphatic carbocycles. The number of benzene rings is 3. The lowest BCUT2D eigenvalue weighted by molar-refractivity contribution is -0.0146. The summed E-state index contributed by atoms with van der Waals surface area (Å²) in [6, 6.07) is 15.2. The van der Waals surface area contributed by atoms with Crippen molar-refractivity contribution >= 4 is 32.4 Å². The van der Waals surface area contributed by atoms with Gasteiger partial charge in [0, 0.05) is 18.2 Å². The van der Waals surface area contributed by atoms with Gasteiger partial charge in [0.1, 0.15) is 28.4 Å². The largest absolute Gasteiger partial charge is 0.501 e. The Balaban J connectivity index is 1.41. The lowest BCUT2D eigenvalue weighted by Gasteiger charge is -2.13. The van der Waals surface area contributed by atoms with E-state index in [4.69, 9.17) is 13.9 Å². The molecule has 1 unspecified atom stereocenters. The molecule has 1 aliphatic rings. The fraction of sp³-hybridized carbons (Fsp3) is 0.0800. The van der Waals surface area contributed by atoms with E-state index >= 15 is 0 Å². The lowest BCUT2D eigenvalue weighted by atomic mass is 10.1. The number of fused-ring (bicyclic) bond motifs is 1. The minimum absolute atomic E-state index is 0.0176. The third-order valence-corrected chi connectivity index (χ3v) is 6.77. The van der Waals surface area contributed by atoms with Crippen LogP contribution in [0.5, 0.6) is 5.75 Å². The first-order valence-corrected chi connectivity index (χ1v) is 12.0. The summed E-state index contributed by atoms with van der Waals surface area (Å²) in [7, 11) is -4.44. The van der Waals surface area contributed by atoms with Crippen LogP contribution in [0.15, 0.2) is 87.1 Å². The topological polar surface area (TPSA) is 115 Å². The number of hydrogen-bond acceptors (Lipinski definition) is 7. The molecule has 5 rings (SSSR count). The number of nitrogens with one attached hydrogen (secondary N) is 1. The molecule has 1 atom stereocenters. The molecule has 2 heterocycles. The van der Waals surface area contributed by atoms with Gasteiger partial charge in [0.25, 0.3) is 10.0 Å². The van der Waals surface area contributed by atoms with Crippen molar-refractivity contribution in [2.45, 2.75) is 17.6 Å². The molecular formula is C25H17F2NO7S. The second-order valence-corrected chi connectivity index (χ2v) is 9.51. The predicted octanol–water partition coefficient (Wildman–Crippen LogP) is 4.49. The van der Waals surface area contributed by atoms with Crippen LogP contribution < -0.4 is 10.2 Å². The maximum Gasteiger partial charge on any atom is 0.264 e. The smallest absolute Gasteiger partial charge is 0.264 e. The number of aromatic hydroxyl groups is 1. The van der Waals surface area contributed by atoms with Crippen LogP contribution in [0, 0.1) is 11.6 Å². The Morgan fingerprint density at radius 2 is 1.78 bits per heavy atom. The van der Waals surface area contributed by atoms with E-state index in [2.05, 4.69) is 4.72 Å². The zero-order chi connectivity index (χ0) is 25.4. The van der Waals surface area contributed by atoms with E-state index in [1.807, 2.05) is 30.3 Å². The summed E-state index contributed by atoms with van der Waals surface area (Å²) in [6.07, 6.45) is 0.959. The van der Waals surface area contributed by atoms with Gasteiger partial charge in [0.15, 0.2) is 0 Å². The van der Waals surface area contributed by atoms with Crippen molar-refractivity contribution < 1.29 is 36.2 Å². The highest BCUT2D eigenvalue weighted by Crippen LogP contribution is 2.33. The van der Waals surface area contributed by atoms with Gasteiger partial charge in [0.05, 0.1) is 5.39 Å². The average molecular weight is 513 g/mol. The van der Waals surface area contributed by atoms with Crippen molar-refractivity contribution in [3.8, 4) is 5.75 Å². The van der Waals surface area contributed by atoms with Crippen molar-refractivity contribution in [3.05, 3.63) is 106 Å². The number of hydrogen-bond donors (Lipinski definition) is 2. The SMILES string of the molecule is O=c1c(O)c(C2=COC(Cc3ccccc3)O2)oc2ccc(NS(=O)(=O)c3ccc(F)cc3F)cc12. The Bertz CT molecular complexity index is 1670. The normalized spacial score (nSPS) is 15.3. The van der Waals surface area contributed by atoms with Gasteiger partial charge in [-0.3, -0.25) is 9.52 Å². The van der Waals surface area contributed by atoms with E-state index < -0.39 is 44.0 Å². The van der Waals surface area contributed by atoms with Gasteiger partial charge in [0.2, 0.25) is 29.0 Å². The Kier molecular flexibility index (Phi) is 5.84. The van der Waals surface area contributed by atoms with Crippen LogP contribution in [-0.2, 0) is 25.9 Å². The van der Waals surface area contributed by atoms with Crippen LogP contribution in [0.2, 0.25) is 0 Å². The van der Waals surface area contributed by atoms with E-state index in [9.17, 15) is 27.1 Å². The molecular weight excluding hydrogens is 496 g/mol. The molecule has 0 bridgehead atoms. The summed E-state index contributed by atoms with van der Waals surface area (Å²) >= 11 is 0. The number of sulfonamides is 1. The van der Waals surface area contributed by atoms with Gasteiger partial charge in [-0.2, -0.15) is 0 Å². The molecule has 36 heavy (non-hydrogen) atoms. The molecule has 0 spiro atoms. The first kappa shape index (κ1) is 23.4. The van der Waals surface area contributed by atoms with Crippen molar-refractivity contribution in [3.63, 3.8) is 0 Å². The molecule has 0 saturated carbocycles. The third kappa shape index (κ3) is 4.48. The second-order valence-electron chi connectivity index (χ2n) is 7.86. The number of anilines is 1. The Labute approximate surface area is 203 Å². The molecule has 1 aromatic heterocycles. The molecule has 184 valence electrons. The summed E-state index contributed by atoms with van der Waals surface area (Å²) in [4.78, 5) is 12.1. The molecule has 0 saturated heterocycles. The minimum Gasteiger partial charge on any atom is -0.501 e. The fourth-order valence-electron chi connectivity index (χ4n) is 3.66. The van der Waals surface area contributed by atoms with Crippen molar-refractivity contribution in [2.24, 2.45) is 0 Å². The fourth-order valence-corrected chi connectivity index (χ4v) is 4.77. The summed E-state index contributed by atoms with van der Waals surface area (Å²) in [5.74, 6) is -3.20. The van der Waals surface area contributed by atoms with Crippen molar-refractivity contribution in [1.82, 2.24) is 0 Å². The molecule has 4 aromatic rings. The van der Waals surface area contributed by atoms with Gasteiger partial charge < -0.3 is 19.0 Å². The zero-order valence-corrected chi connectivity index (χ0v) is 19.1. The minimum atomic E-state index is -4.44. The quantitative estimate of drug-likeness (QED) is 0.390. The van der Waals surface area contributed by atoms with Gasteiger partial charge in [-0.1, -0.05) is 30.3 Å². The number of rotatable bonds is 6. The van der Waals surface area contributed by atoms with Crippen LogP contribution in [0.3, 0.4) is 0 Å². The van der Waals surface area contributed by atoms with Gasteiger partial charge in [-0.05, 0) is 35.9 Å². The molecule has 11 heteroatoms. The van der Waals surface area contributed by atoms with Crippen LogP contribution in [0.1, 0.15) is 11.3 Å². The number of halogens is 2. The number of ether oxygens (including phenoxy) is 2. The van der Waals surface area contributed by atoms with Crippen LogP contribution in [0.4, 0.5) is 14.5 Å². The molecule has 3 aromatic carbocycles. The maximum atomic E-state index is 14.0. The van der Waals surface area contributed by atoms with Crippen LogP contribution >= 0.6 is 0 Å². The molecule has 0 radical (unpaired) electrons. The highest BCUT2D eigenvalue weighted by Gasteiger charge is 2.27. The maximum absolute atomic E-state index is 14.0. The van der Waals surface area contributed by atoms with Crippen LogP contribution in [-0.4, -0.2) is 19.8 Å². The van der Waals surface area contributed by atoms with E-state index in [-0.39, 0.29) is 28.2 Å². The lowest BCUT2D eigenvalue weighted by Crippen LogP contribution is -2.15. The van der Waals surface area contributed by atoms with Crippen LogP contribution in [0.25, 0.3) is 16.7 Å². The van der Waals surface area contributed by atoms with Gasteiger partial charge in [-0.15, -0.1) is 0 Å². The summed E-state index contributed by atoms with van der Waals surface area (Å²) in [5.41, 5.74) is 0.0288. The van der Waals surface area contributed by atoms with E-state index in [1.54, 1.807) is 0 Å². The summed E-state index contributed by atoms with van der Waals surface area (Å²) in [6.45, 7) is 0. The molecule has 0 amide bonds. The second kappa shape index (κ2) is 9.00. The Morgan fingerprint density at radius 3 is 2.53 bits per heavy atom. The zero-order valence-electron chi connectivity index (χ0n) is 18.3. The molecule has 2 N–H and O–H groups in total. The molecule has 8 nitrogen and oxygen atoms in total. The first-order chi connectivity index (χ1) is 17.2. The summed E-state index contributed by atoms with van der Waals surface area (Å²) < 4.78 is 71.2. The van der Waals surface area contributed by atoms with E-state index in [1.165, 1.54) is 18.4 Å². The average Bonchev–Trinajstić information content (AvgIpc) is 3.30. The molecule has 0 fully saturated rings. The van der Waals surface area contributed by atoms with Gasteiger partial charge in [-0.25, -0.2) is 17.2 Å². The van der Waals surface area contributed by atoms with E-state index in [0.29, 0.717) is 12.5 Å². The Hall–Kier alpha value is -4.38. The highest BCUT2D eigenvalue weighted by molar-refractivity contribution is 7.92. The summed E-state index contributed by atoms with van der Waals surface area (Å²) in [5, 5.41) is 10.3. The Morgan fingerprint density at radius 1 is 1.00 bits per heavy atom. The predicted molar refractivity (Wildman–Crippen MR) is 125 cm³/mol. The highest BCUT2D eigenvalue weighted by atomic mass is 32.2. The third-order valence-electron chi connectivity index (χ3n) is 5.36. The van der Waals surface area contributed by atoms with Crippen molar-refractivity contribution in [2.75, 3.05) is 4.72 Å². The first-order valence-electron chi connectivity index (χ1n) is 10.6. The standard InChI is InChI=1S/C25H17F2NO7S/c26-15-6-9-21(18(27)11-15)36(31,32)28-16-7-8-19-17(12-16)23(29)24(30)25(35-19)20-13-33-22(34-20)10-14-4-2-1-3-5-14/h1-9,11-13,22,28,30H,10H2. The van der Waals surface area contributed by atoms with Crippen molar-refractivity contribution in [1.29, 1.82) is 0 Å². The molecule has 1 aliphatic heterocycles. The van der Waals surface area contributed by atoms with Gasteiger partial charge >= 0.3 is 0 Å². The monoisotopic (exact) mass is 513 g/mol. The van der Waals surface area contributed by atoms with E-state index in [0.717, 1.165) is 23.8 Å².